The molecule has 18 N–H and O–H groups in total. The van der Waals surface area contributed by atoms with Gasteiger partial charge in [0.05, 0.1) is 193 Å². The summed E-state index contributed by atoms with van der Waals surface area (Å²) in [6, 6.07) is -3.13. The van der Waals surface area contributed by atoms with Crippen LogP contribution in [-0.2, 0) is 179 Å². The zero-order chi connectivity index (χ0) is 108. The zero-order valence-electron chi connectivity index (χ0n) is 84.8. The van der Waals surface area contributed by atoms with Crippen molar-refractivity contribution >= 4 is 68.7 Å². The third kappa shape index (κ3) is 47.4. The van der Waals surface area contributed by atoms with Gasteiger partial charge in [-0.05, 0) is 46.1 Å². The molecule has 0 bridgehead atoms. The number of rotatable bonds is 76. The Kier molecular flexibility index (Phi) is 60.0. The van der Waals surface area contributed by atoms with Gasteiger partial charge < -0.3 is 158 Å². The monoisotopic (exact) mass is 2240 g/mol. The number of aliphatic hydroxyl groups excluding tert-OH is 11. The van der Waals surface area contributed by atoms with Crippen molar-refractivity contribution < 1.29 is 197 Å². The molecule has 0 aliphatic carbocycles. The fourth-order valence-corrected chi connectivity index (χ4v) is 19.8. The number of unbranched alkanes of at least 4 members (excludes halogenated alkanes) is 4. The van der Waals surface area contributed by atoms with Gasteiger partial charge in [-0.3, -0.25) is 56.1 Å². The first-order valence-corrected chi connectivity index (χ1v) is 56.3. The Balaban J connectivity index is 0.00000192. The Morgan fingerprint density at radius 2 is 0.933 bits per heavy atom. The predicted octanol–water partition coefficient (Wildman–Crippen LogP) is -4.35. The Morgan fingerprint density at radius 3 is 1.42 bits per heavy atom. The third-order valence-electron chi connectivity index (χ3n) is 23.6. The highest BCUT2D eigenvalue weighted by Gasteiger charge is 2.49. The molecule has 0 aromatic carbocycles. The van der Waals surface area contributed by atoms with Crippen LogP contribution < -0.4 is 21.3 Å². The maximum Gasteiger partial charge on any atom is 0.472 e. The topological polar surface area (TPSA) is 765 Å². The lowest BCUT2D eigenvalue weighted by molar-refractivity contribution is -0.284. The SMILES string of the molecule is COP(=O)(O)OC[C@H]1OCC[C@H]1OP(=O)(O)OCCCCCCNC(=O)CCSSCCNC(=O)[C@H](CCCCN(Cc1cn(CCOCCO[C@@H](C)O[C@@H](C)CO)nn1)Cc1cn(CCOCCO[C@@H]2O[C@H](CO)[C@H](O)[C@H](O)[C@H]2NC(C)=O)nn1)N(Cc1cn(CCOCCO[C@@H]2O[C@H](CO)[C@H](O)[C@H](O)[C@H]2C)nn1)Cc1cn(CCOCCO[C@@H]2O[C@H](CO)[C@H](O)[C@H](O)[C@H]2NC(C)=O)nn1.COP(=O)(O)O[C@@H]1CCO[C@@H]1CO. The molecule has 0 spiro atoms. The van der Waals surface area contributed by atoms with E-state index in [-0.39, 0.29) is 176 Å². The molecule has 5 aliphatic rings. The molecule has 856 valence electrons. The third-order valence-corrected chi connectivity index (χ3v) is 29.0. The summed E-state index contributed by atoms with van der Waals surface area (Å²) < 4.78 is 150. The fourth-order valence-electron chi connectivity index (χ4n) is 15.8. The number of nitrogens with one attached hydrogen (secondary N) is 4. The average Bonchev–Trinajstić information content (AvgIpc) is 1.80. The summed E-state index contributed by atoms with van der Waals surface area (Å²) in [4.78, 5) is 85.1. The van der Waals surface area contributed by atoms with Gasteiger partial charge in [0.2, 0.25) is 23.6 Å². The van der Waals surface area contributed by atoms with Crippen LogP contribution in [0.5, 0.6) is 0 Å². The van der Waals surface area contributed by atoms with Gasteiger partial charge in [-0.2, -0.15) is 0 Å². The van der Waals surface area contributed by atoms with Gasteiger partial charge in [0.25, 0.3) is 0 Å². The second-order valence-corrected chi connectivity index (χ2v) is 42.5. The smallest absolute Gasteiger partial charge is 0.394 e. The highest BCUT2D eigenvalue weighted by atomic mass is 33.1. The van der Waals surface area contributed by atoms with Gasteiger partial charge in [-0.15, -0.1) is 20.4 Å². The van der Waals surface area contributed by atoms with Crippen LogP contribution in [0, 0.1) is 5.92 Å². The van der Waals surface area contributed by atoms with Crippen LogP contribution in [0.2, 0.25) is 0 Å². The van der Waals surface area contributed by atoms with Crippen LogP contribution in [0.4, 0.5) is 0 Å². The second-order valence-electron chi connectivity index (χ2n) is 35.3. The molecule has 5 saturated heterocycles. The summed E-state index contributed by atoms with van der Waals surface area (Å²) in [5.74, 6) is -1.14. The summed E-state index contributed by atoms with van der Waals surface area (Å²) in [5.41, 5.74) is 2.19. The normalized spacial score (nSPS) is 26.0. The van der Waals surface area contributed by atoms with E-state index in [4.69, 9.17) is 94.4 Å². The van der Waals surface area contributed by atoms with Crippen molar-refractivity contribution in [3.8, 4) is 0 Å². The summed E-state index contributed by atoms with van der Waals surface area (Å²) in [6.45, 7) is 9.89. The Hall–Kier alpha value is -5.61. The van der Waals surface area contributed by atoms with E-state index in [1.807, 2.05) is 11.1 Å². The highest BCUT2D eigenvalue weighted by molar-refractivity contribution is 8.76. The minimum absolute atomic E-state index is 0.0174. The largest absolute Gasteiger partial charge is 0.472 e. The van der Waals surface area contributed by atoms with Gasteiger partial charge in [0.1, 0.15) is 85.3 Å². The minimum Gasteiger partial charge on any atom is -0.394 e. The van der Waals surface area contributed by atoms with Crippen molar-refractivity contribution in [3.63, 3.8) is 0 Å². The molecule has 0 radical (unpaired) electrons. The Morgan fingerprint density at radius 1 is 0.490 bits per heavy atom. The van der Waals surface area contributed by atoms with Crippen LogP contribution >= 0.6 is 45.1 Å². The number of carbonyl (C=O) groups is 4. The molecule has 5 fully saturated rings. The fraction of sp³-hybridized carbons (Fsp3) is 0.859. The van der Waals surface area contributed by atoms with Crippen molar-refractivity contribution in [1.29, 1.82) is 0 Å². The van der Waals surface area contributed by atoms with E-state index in [0.717, 1.165) is 14.2 Å². The van der Waals surface area contributed by atoms with E-state index in [1.54, 1.807) is 58.1 Å². The lowest BCUT2D eigenvalue weighted by atomic mass is 9.92. The van der Waals surface area contributed by atoms with E-state index in [0.29, 0.717) is 118 Å². The number of aliphatic hydroxyl groups is 11. The van der Waals surface area contributed by atoms with Gasteiger partial charge in [-0.25, -0.2) is 32.4 Å². The van der Waals surface area contributed by atoms with Crippen molar-refractivity contribution in [1.82, 2.24) is 91.0 Å². The number of phosphoric acid groups is 3. The summed E-state index contributed by atoms with van der Waals surface area (Å²) >= 11 is 0. The van der Waals surface area contributed by atoms with Gasteiger partial charge >= 0.3 is 23.5 Å². The number of carbonyl (C=O) groups excluding carboxylic acids is 4. The van der Waals surface area contributed by atoms with Gasteiger partial charge in [-0.1, -0.05) is 68.6 Å². The number of phosphoric ester groups is 3. The van der Waals surface area contributed by atoms with Crippen molar-refractivity contribution in [2.24, 2.45) is 5.92 Å². The first-order chi connectivity index (χ1) is 71.5. The maximum absolute atomic E-state index is 15.2. The molecule has 4 aromatic rings. The second kappa shape index (κ2) is 69.5. The lowest BCUT2D eigenvalue weighted by Gasteiger charge is -2.42. The van der Waals surface area contributed by atoms with Crippen molar-refractivity contribution in [2.75, 3.05) is 184 Å². The first-order valence-electron chi connectivity index (χ1n) is 49.3. The molecule has 4 aromatic heterocycles. The van der Waals surface area contributed by atoms with Crippen LogP contribution in [-0.4, -0.2) is 477 Å². The van der Waals surface area contributed by atoms with E-state index in [2.05, 4.69) is 76.5 Å². The minimum atomic E-state index is -4.50. The Bertz CT molecular complexity index is 4550. The van der Waals surface area contributed by atoms with E-state index < -0.39 is 196 Å². The van der Waals surface area contributed by atoms with Crippen LogP contribution in [0.1, 0.15) is 122 Å². The number of hydrogen-bond acceptors (Lipinski definition) is 50. The molecule has 9 heterocycles. The van der Waals surface area contributed by atoms with Gasteiger partial charge in [0, 0.05) is 142 Å². The molecule has 0 saturated carbocycles. The number of ether oxygens (including phenoxy) is 14. The molecular formula is C85H153N18O41P3S2. The average molecular weight is 2240 g/mol. The molecule has 149 heavy (non-hydrogen) atoms. The van der Waals surface area contributed by atoms with Crippen LogP contribution in [0.3, 0.4) is 0 Å². The molecule has 59 nitrogen and oxygen atoms in total. The van der Waals surface area contributed by atoms with Crippen LogP contribution in [0.25, 0.3) is 0 Å². The molecule has 4 amide bonds. The highest BCUT2D eigenvalue weighted by Crippen LogP contribution is 2.49. The van der Waals surface area contributed by atoms with Crippen molar-refractivity contribution in [3.05, 3.63) is 47.6 Å². The van der Waals surface area contributed by atoms with E-state index in [9.17, 15) is 88.9 Å². The number of hydrogen-bond donors (Lipinski definition) is 18. The molecule has 3 unspecified atom stereocenters. The Labute approximate surface area is 870 Å². The van der Waals surface area contributed by atoms with Gasteiger partial charge in [0.15, 0.2) is 25.2 Å². The van der Waals surface area contributed by atoms with E-state index in [1.165, 1.54) is 35.4 Å². The molecule has 25 atom stereocenters. The number of aromatic nitrogens is 12. The zero-order valence-corrected chi connectivity index (χ0v) is 89.1. The molecular weight excluding hydrogens is 2090 g/mol. The summed E-state index contributed by atoms with van der Waals surface area (Å²) in [6.07, 6.45) is -7.32. The summed E-state index contributed by atoms with van der Waals surface area (Å²) in [5, 5.41) is 158. The molecule has 64 heteroatoms. The molecule has 5 aliphatic heterocycles. The van der Waals surface area contributed by atoms with Crippen molar-refractivity contribution in [2.45, 2.75) is 280 Å². The summed E-state index contributed by atoms with van der Waals surface area (Å²) in [7, 11) is -7.74. The molecule has 9 rings (SSSR count). The first kappa shape index (κ1) is 129. The standard InChI is InChI=1S/C79H140N18O35P2S2.C6H13O6P/c1-52(47-98)128-56(5)121-33-29-117-25-19-94-43-57(84-88-94)39-92(40-58-44-95(89-85-58)20-26-119-31-35-124-78-68(82-54(3)102)74(109)72(107)64(49-100)130-78)18-11-9-13-61(76(111)81-17-38-136-135-37-15-67(104)80-16-10-7-8-12-23-126-134(114,115)132-62-14-24-122-66(62)51-127-133(112,113)116-6)93(41-59-45-96(90-86-59)21-27-118-30-34-123-77-53(2)70(105)71(106)63(48-99)129-77)42-60-46-97(91-87-60)22-28-120-32-36-125-79-69(83-55(4)103)75(110)73(108)65(50-101)131-79;1-10-13(8,9)12-5-2-3-11-6(5)4-7/h43-46,52-53,56,61-66,68-75,77-79,98-101,105-110H,7-42,47-51H2,1-6H3,(H,80,104)(H,81,111)(H,82,102)(H,83,103)(H,112,113)(H,114,115);5-7H,2-4H2,1H3,(H,8,9)/t52-,53+,56+,61-,62+,63+,64+,65+,66+,68+,69+,70+,71-,72-,73-,74+,75+,77+,78+,79+;5-,6-/m01/s1. The lowest BCUT2D eigenvalue weighted by Crippen LogP contribution is -2.64. The van der Waals surface area contributed by atoms with E-state index >= 15 is 4.79 Å². The quantitative estimate of drug-likeness (QED) is 0.00860. The predicted molar refractivity (Wildman–Crippen MR) is 518 cm³/mol. The number of nitrogens with zero attached hydrogens (tertiary/aromatic N) is 14. The maximum atomic E-state index is 15.2. The number of amides is 4. The van der Waals surface area contributed by atoms with Crippen LogP contribution in [0.15, 0.2) is 24.8 Å².